The van der Waals surface area contributed by atoms with Gasteiger partial charge in [0.1, 0.15) is 11.6 Å². The van der Waals surface area contributed by atoms with Gasteiger partial charge in [0.2, 0.25) is 0 Å². The van der Waals surface area contributed by atoms with Crippen LogP contribution in [-0.2, 0) is 0 Å². The third kappa shape index (κ3) is 3.63. The van der Waals surface area contributed by atoms with Gasteiger partial charge >= 0.3 is 0 Å². The molecular formula is C13H12FNO2S. The Labute approximate surface area is 109 Å². The lowest BCUT2D eigenvalue weighted by Gasteiger charge is -2.06. The predicted octanol–water partition coefficient (Wildman–Crippen LogP) is 2.63. The molecule has 2 aromatic rings. The Balaban J connectivity index is 1.78. The highest BCUT2D eigenvalue weighted by atomic mass is 32.2. The van der Waals surface area contributed by atoms with Gasteiger partial charge in [0.15, 0.2) is 6.20 Å². The smallest absolute Gasteiger partial charge is 0.251 e. The molecule has 2 rings (SSSR count). The summed E-state index contributed by atoms with van der Waals surface area (Å²) in [6.07, 6.45) is 1.45. The highest BCUT2D eigenvalue weighted by Gasteiger charge is 2.04. The lowest BCUT2D eigenvalue weighted by atomic mass is 10.3. The summed E-state index contributed by atoms with van der Waals surface area (Å²) in [6.45, 7) is 0.420. The normalized spacial score (nSPS) is 10.3. The monoisotopic (exact) mass is 265 g/mol. The summed E-state index contributed by atoms with van der Waals surface area (Å²) in [6, 6.07) is 11.2. The Morgan fingerprint density at radius 2 is 2.11 bits per heavy atom. The Bertz CT molecular complexity index is 522. The van der Waals surface area contributed by atoms with Crippen LogP contribution in [0.25, 0.3) is 0 Å². The zero-order valence-electron chi connectivity index (χ0n) is 9.58. The first kappa shape index (κ1) is 12.7. The van der Waals surface area contributed by atoms with E-state index in [1.165, 1.54) is 30.1 Å². The number of halogens is 1. The van der Waals surface area contributed by atoms with Crippen molar-refractivity contribution in [3.05, 3.63) is 59.7 Å². The second-order valence-corrected chi connectivity index (χ2v) is 4.63. The van der Waals surface area contributed by atoms with Crippen LogP contribution in [0.3, 0.4) is 0 Å². The van der Waals surface area contributed by atoms with Crippen molar-refractivity contribution in [2.75, 3.05) is 12.4 Å². The summed E-state index contributed by atoms with van der Waals surface area (Å²) in [4.78, 5) is 0. The molecule has 5 heteroatoms. The summed E-state index contributed by atoms with van der Waals surface area (Å²) in [7, 11) is 0. The molecule has 0 spiro atoms. The summed E-state index contributed by atoms with van der Waals surface area (Å²) in [5.41, 5.74) is 0. The Morgan fingerprint density at radius 1 is 1.22 bits per heavy atom. The number of ether oxygens (including phenoxy) is 1. The van der Waals surface area contributed by atoms with Crippen molar-refractivity contribution in [2.45, 2.75) is 5.03 Å². The molecule has 3 nitrogen and oxygen atoms in total. The van der Waals surface area contributed by atoms with E-state index in [0.717, 1.165) is 4.73 Å². The van der Waals surface area contributed by atoms with E-state index in [0.29, 0.717) is 23.1 Å². The number of nitrogens with zero attached hydrogens (tertiary/aromatic N) is 1. The third-order valence-corrected chi connectivity index (χ3v) is 3.17. The number of hydrogen-bond acceptors (Lipinski definition) is 3. The lowest BCUT2D eigenvalue weighted by molar-refractivity contribution is -0.645. The van der Waals surface area contributed by atoms with E-state index in [-0.39, 0.29) is 5.82 Å². The van der Waals surface area contributed by atoms with Crippen molar-refractivity contribution in [2.24, 2.45) is 0 Å². The first-order valence-corrected chi connectivity index (χ1v) is 6.43. The Kier molecular flexibility index (Phi) is 4.41. The predicted molar refractivity (Wildman–Crippen MR) is 68.0 cm³/mol. The van der Waals surface area contributed by atoms with E-state index in [1.807, 2.05) is 6.07 Å². The van der Waals surface area contributed by atoms with Gasteiger partial charge in [-0.25, -0.2) is 4.39 Å². The van der Waals surface area contributed by atoms with Crippen molar-refractivity contribution in [3.63, 3.8) is 0 Å². The van der Waals surface area contributed by atoms with Crippen LogP contribution in [0.15, 0.2) is 53.7 Å². The fourth-order valence-corrected chi connectivity index (χ4v) is 2.13. The summed E-state index contributed by atoms with van der Waals surface area (Å²) in [5, 5.41) is 12.0. The van der Waals surface area contributed by atoms with Gasteiger partial charge in [-0.2, -0.15) is 4.73 Å². The van der Waals surface area contributed by atoms with Crippen molar-refractivity contribution in [1.29, 1.82) is 0 Å². The maximum absolute atomic E-state index is 12.9. The zero-order valence-corrected chi connectivity index (χ0v) is 10.4. The van der Waals surface area contributed by atoms with Gasteiger partial charge in [-0.05, 0) is 18.2 Å². The minimum Gasteiger partial charge on any atom is -0.618 e. The molecule has 0 aliphatic carbocycles. The van der Waals surface area contributed by atoms with E-state index in [4.69, 9.17) is 4.74 Å². The molecule has 0 aliphatic heterocycles. The largest absolute Gasteiger partial charge is 0.618 e. The van der Waals surface area contributed by atoms with Gasteiger partial charge < -0.3 is 9.94 Å². The molecule has 0 N–H and O–H groups in total. The van der Waals surface area contributed by atoms with E-state index >= 15 is 0 Å². The highest BCUT2D eigenvalue weighted by Crippen LogP contribution is 2.15. The molecule has 0 amide bonds. The molecule has 0 bridgehead atoms. The van der Waals surface area contributed by atoms with Crippen LogP contribution in [-0.4, -0.2) is 12.4 Å². The number of benzene rings is 1. The highest BCUT2D eigenvalue weighted by molar-refractivity contribution is 7.99. The first-order valence-electron chi connectivity index (χ1n) is 5.45. The number of rotatable bonds is 5. The maximum atomic E-state index is 12.9. The van der Waals surface area contributed by atoms with E-state index in [9.17, 15) is 9.60 Å². The average molecular weight is 265 g/mol. The van der Waals surface area contributed by atoms with Gasteiger partial charge in [-0.3, -0.25) is 0 Å². The molecule has 0 unspecified atom stereocenters. The van der Waals surface area contributed by atoms with Crippen LogP contribution in [0, 0.1) is 11.0 Å². The maximum Gasteiger partial charge on any atom is 0.251 e. The molecule has 0 atom stereocenters. The van der Waals surface area contributed by atoms with Crippen LogP contribution in [0.4, 0.5) is 4.39 Å². The second-order valence-electron chi connectivity index (χ2n) is 3.52. The molecule has 1 aromatic heterocycles. The molecule has 1 heterocycles. The third-order valence-electron chi connectivity index (χ3n) is 2.19. The van der Waals surface area contributed by atoms with Crippen molar-refractivity contribution < 1.29 is 13.9 Å². The summed E-state index contributed by atoms with van der Waals surface area (Å²) < 4.78 is 19.1. The van der Waals surface area contributed by atoms with Crippen LogP contribution in [0.5, 0.6) is 5.75 Å². The Hall–Kier alpha value is -1.75. The van der Waals surface area contributed by atoms with Crippen LogP contribution >= 0.6 is 11.8 Å². The average Bonchev–Trinajstić information content (AvgIpc) is 2.37. The molecule has 0 aliphatic rings. The molecule has 0 fully saturated rings. The van der Waals surface area contributed by atoms with Crippen molar-refractivity contribution >= 4 is 11.8 Å². The zero-order chi connectivity index (χ0) is 12.8. The van der Waals surface area contributed by atoms with Crippen LogP contribution < -0.4 is 9.47 Å². The fraction of sp³-hybridized carbons (Fsp3) is 0.154. The van der Waals surface area contributed by atoms with Crippen LogP contribution in [0.1, 0.15) is 0 Å². The van der Waals surface area contributed by atoms with Gasteiger partial charge in [0.05, 0.1) is 6.61 Å². The van der Waals surface area contributed by atoms with E-state index in [2.05, 4.69) is 0 Å². The second kappa shape index (κ2) is 6.26. The van der Waals surface area contributed by atoms with E-state index < -0.39 is 0 Å². The van der Waals surface area contributed by atoms with Crippen LogP contribution in [0.2, 0.25) is 0 Å². The fourth-order valence-electron chi connectivity index (χ4n) is 1.39. The minimum absolute atomic E-state index is 0.319. The van der Waals surface area contributed by atoms with E-state index in [1.54, 1.807) is 24.3 Å². The minimum atomic E-state index is -0.319. The van der Waals surface area contributed by atoms with Crippen molar-refractivity contribution in [1.82, 2.24) is 0 Å². The molecular weight excluding hydrogens is 253 g/mol. The number of pyridine rings is 1. The molecule has 0 saturated carbocycles. The number of hydrogen-bond donors (Lipinski definition) is 0. The van der Waals surface area contributed by atoms with Gasteiger partial charge in [-0.1, -0.05) is 17.8 Å². The standard InChI is InChI=1S/C13H12FNO2S/c14-11-4-3-5-12(10-11)17-8-9-18-13-6-1-2-7-15(13)16/h1-7,10H,8-9H2. The van der Waals surface area contributed by atoms with Gasteiger partial charge in [0, 0.05) is 24.0 Å². The molecule has 0 saturated heterocycles. The SMILES string of the molecule is [O-][n+]1ccccc1SCCOc1cccc(F)c1. The van der Waals surface area contributed by atoms with Gasteiger partial charge in [-0.15, -0.1) is 0 Å². The number of thioether (sulfide) groups is 1. The molecule has 1 aromatic carbocycles. The molecule has 0 radical (unpaired) electrons. The molecule has 94 valence electrons. The number of aromatic nitrogens is 1. The van der Waals surface area contributed by atoms with Gasteiger partial charge in [0.25, 0.3) is 5.03 Å². The summed E-state index contributed by atoms with van der Waals surface area (Å²) >= 11 is 1.40. The lowest BCUT2D eigenvalue weighted by Crippen LogP contribution is -2.27. The molecule has 18 heavy (non-hydrogen) atoms. The summed E-state index contributed by atoms with van der Waals surface area (Å²) in [5.74, 6) is 0.808. The van der Waals surface area contributed by atoms with Crippen molar-refractivity contribution in [3.8, 4) is 5.75 Å². The topological polar surface area (TPSA) is 36.2 Å². The quantitative estimate of drug-likeness (QED) is 0.361. The first-order chi connectivity index (χ1) is 8.75. The Morgan fingerprint density at radius 3 is 2.89 bits per heavy atom.